The Bertz CT molecular complexity index is 539. The van der Waals surface area contributed by atoms with Crippen LogP contribution >= 0.6 is 0 Å². The Morgan fingerprint density at radius 3 is 1.86 bits per heavy atom. The minimum absolute atomic E-state index is 0.151. The summed E-state index contributed by atoms with van der Waals surface area (Å²) >= 11 is 0. The molecule has 1 aromatic rings. The number of ether oxygens (including phenoxy) is 1. The van der Waals surface area contributed by atoms with E-state index in [2.05, 4.69) is 18.8 Å². The lowest BCUT2D eigenvalue weighted by atomic mass is 10.0. The van der Waals surface area contributed by atoms with E-state index in [1.54, 1.807) is 0 Å². The molecule has 0 atom stereocenters. The summed E-state index contributed by atoms with van der Waals surface area (Å²) in [7, 11) is 0. The third kappa shape index (κ3) is 14.9. The Morgan fingerprint density at radius 2 is 1.28 bits per heavy atom. The Kier molecular flexibility index (Phi) is 16.1. The van der Waals surface area contributed by atoms with Crippen molar-refractivity contribution in [1.82, 2.24) is 0 Å². The van der Waals surface area contributed by atoms with Crippen molar-refractivity contribution in [3.63, 3.8) is 0 Å². The van der Waals surface area contributed by atoms with Crippen molar-refractivity contribution in [1.29, 1.82) is 0 Å². The van der Waals surface area contributed by atoms with Crippen LogP contribution in [0.3, 0.4) is 0 Å². The number of hydrogen-bond donors (Lipinski definition) is 0. The third-order valence-electron chi connectivity index (χ3n) is 5.27. The predicted molar refractivity (Wildman–Crippen MR) is 125 cm³/mol. The van der Waals surface area contributed by atoms with Gasteiger partial charge in [-0.25, -0.2) is 0 Å². The number of carbonyl (C=O) groups is 1. The quantitative estimate of drug-likeness (QED) is 0.108. The predicted octanol–water partition coefficient (Wildman–Crippen LogP) is 7.92. The first-order valence-corrected chi connectivity index (χ1v) is 12.0. The van der Waals surface area contributed by atoms with E-state index in [1.165, 1.54) is 76.3 Å². The number of carbonyl (C=O) groups excluding carboxylic acids is 1. The molecule has 0 aromatic heterocycles. The number of benzene rings is 1. The Balaban J connectivity index is 2.04. The van der Waals surface area contributed by atoms with E-state index >= 15 is 0 Å². The van der Waals surface area contributed by atoms with Crippen LogP contribution in [0.15, 0.2) is 35.3 Å². The van der Waals surface area contributed by atoms with Gasteiger partial charge >= 0.3 is 5.97 Å². The van der Waals surface area contributed by atoms with Crippen molar-refractivity contribution >= 4 is 11.7 Å². The molecular formula is C26H43NO2. The number of aliphatic imine (C=N–C) groups is 1. The van der Waals surface area contributed by atoms with Crippen LogP contribution in [0.1, 0.15) is 110 Å². The van der Waals surface area contributed by atoms with Gasteiger partial charge in [0.2, 0.25) is 0 Å². The highest BCUT2D eigenvalue weighted by molar-refractivity contribution is 5.85. The second-order valence-electron chi connectivity index (χ2n) is 7.97. The van der Waals surface area contributed by atoms with Crippen LogP contribution < -0.4 is 4.74 Å². The molecule has 0 spiro atoms. The lowest BCUT2D eigenvalue weighted by molar-refractivity contribution is -0.134. The van der Waals surface area contributed by atoms with Gasteiger partial charge in [0, 0.05) is 18.7 Å². The molecule has 0 amide bonds. The van der Waals surface area contributed by atoms with Gasteiger partial charge in [-0.1, -0.05) is 89.3 Å². The number of rotatable bonds is 18. The molecule has 0 fully saturated rings. The molecule has 1 aromatic carbocycles. The summed E-state index contributed by atoms with van der Waals surface area (Å²) in [5.41, 5.74) is 1.27. The average Bonchev–Trinajstić information content (AvgIpc) is 2.72. The smallest absolute Gasteiger partial charge is 0.311 e. The molecule has 0 unspecified atom stereocenters. The van der Waals surface area contributed by atoms with Crippen LogP contribution in [0.4, 0.5) is 0 Å². The molecule has 0 aliphatic heterocycles. The van der Waals surface area contributed by atoms with Crippen molar-refractivity contribution in [3.8, 4) is 5.75 Å². The molecule has 3 nitrogen and oxygen atoms in total. The normalized spacial score (nSPS) is 11.6. The lowest BCUT2D eigenvalue weighted by Gasteiger charge is -2.07. The van der Waals surface area contributed by atoms with Crippen molar-refractivity contribution in [2.75, 3.05) is 6.54 Å². The molecule has 1 rings (SSSR count). The van der Waals surface area contributed by atoms with E-state index in [1.807, 2.05) is 30.3 Å². The van der Waals surface area contributed by atoms with Crippen LogP contribution in [0, 0.1) is 0 Å². The lowest BCUT2D eigenvalue weighted by Crippen LogP contribution is -2.09. The van der Waals surface area contributed by atoms with E-state index in [-0.39, 0.29) is 5.97 Å². The molecule has 0 N–H and O–H groups in total. The second-order valence-corrected chi connectivity index (χ2v) is 7.97. The molecule has 0 aliphatic rings. The summed E-state index contributed by atoms with van der Waals surface area (Å²) in [4.78, 5) is 16.6. The van der Waals surface area contributed by atoms with Gasteiger partial charge in [0.1, 0.15) is 5.75 Å². The fraction of sp³-hybridized carbons (Fsp3) is 0.692. The Hall–Kier alpha value is -1.64. The average molecular weight is 402 g/mol. The monoisotopic (exact) mass is 401 g/mol. The maximum absolute atomic E-state index is 11.9. The second kappa shape index (κ2) is 18.4. The van der Waals surface area contributed by atoms with Gasteiger partial charge in [-0.3, -0.25) is 9.79 Å². The third-order valence-corrected chi connectivity index (χ3v) is 5.27. The molecule has 0 heterocycles. The molecule has 3 heteroatoms. The first kappa shape index (κ1) is 25.4. The van der Waals surface area contributed by atoms with Crippen molar-refractivity contribution in [2.45, 2.75) is 110 Å². The molecule has 0 saturated carbocycles. The molecule has 0 saturated heterocycles. The van der Waals surface area contributed by atoms with Gasteiger partial charge in [-0.15, -0.1) is 0 Å². The van der Waals surface area contributed by atoms with Gasteiger partial charge < -0.3 is 4.74 Å². The summed E-state index contributed by atoms with van der Waals surface area (Å²) < 4.78 is 5.35. The highest BCUT2D eigenvalue weighted by atomic mass is 16.5. The van der Waals surface area contributed by atoms with Crippen LogP contribution in [-0.2, 0) is 4.79 Å². The molecule has 164 valence electrons. The number of hydrogen-bond acceptors (Lipinski definition) is 3. The maximum atomic E-state index is 11.9. The number of para-hydroxylation sites is 1. The van der Waals surface area contributed by atoms with Gasteiger partial charge in [-0.2, -0.15) is 0 Å². The van der Waals surface area contributed by atoms with Crippen molar-refractivity contribution in [2.24, 2.45) is 4.99 Å². The highest BCUT2D eigenvalue weighted by Crippen LogP contribution is 2.14. The summed E-state index contributed by atoms with van der Waals surface area (Å²) in [5.74, 6) is 0.475. The summed E-state index contributed by atoms with van der Waals surface area (Å²) in [5, 5.41) is 0. The number of esters is 1. The van der Waals surface area contributed by atoms with E-state index < -0.39 is 0 Å². The SMILES string of the molecule is CCCCCCCCCCCCCC(CCCC(=O)Oc1ccccc1)=NCC. The van der Waals surface area contributed by atoms with Gasteiger partial charge in [0.15, 0.2) is 0 Å². The van der Waals surface area contributed by atoms with Crippen molar-refractivity contribution < 1.29 is 9.53 Å². The number of unbranched alkanes of at least 4 members (excludes halogenated alkanes) is 10. The van der Waals surface area contributed by atoms with Crippen LogP contribution in [0.25, 0.3) is 0 Å². The maximum Gasteiger partial charge on any atom is 0.311 e. The Morgan fingerprint density at radius 1 is 0.724 bits per heavy atom. The summed E-state index contributed by atoms with van der Waals surface area (Å²) in [6.45, 7) is 5.20. The molecule has 0 aliphatic carbocycles. The molecule has 0 radical (unpaired) electrons. The van der Waals surface area contributed by atoms with Gasteiger partial charge in [0.25, 0.3) is 0 Å². The summed E-state index contributed by atoms with van der Waals surface area (Å²) in [6.07, 6.45) is 18.3. The number of nitrogens with zero attached hydrogens (tertiary/aromatic N) is 1. The van der Waals surface area contributed by atoms with Gasteiger partial charge in [0.05, 0.1) is 0 Å². The molecule has 29 heavy (non-hydrogen) atoms. The zero-order valence-corrected chi connectivity index (χ0v) is 19.0. The topological polar surface area (TPSA) is 38.7 Å². The highest BCUT2D eigenvalue weighted by Gasteiger charge is 2.06. The molecule has 0 bridgehead atoms. The zero-order valence-electron chi connectivity index (χ0n) is 19.0. The minimum Gasteiger partial charge on any atom is -0.427 e. The fourth-order valence-electron chi connectivity index (χ4n) is 3.61. The standard InChI is InChI=1S/C26H43NO2/c1-3-5-6-7-8-9-10-11-12-13-15-19-24(27-4-2)20-18-23-26(28)29-25-21-16-14-17-22-25/h14,16-17,21-22H,3-13,15,18-20,23H2,1-2H3. The van der Waals surface area contributed by atoms with E-state index in [4.69, 9.17) is 4.74 Å². The largest absolute Gasteiger partial charge is 0.427 e. The van der Waals surface area contributed by atoms with E-state index in [0.717, 1.165) is 25.8 Å². The van der Waals surface area contributed by atoms with Crippen molar-refractivity contribution in [3.05, 3.63) is 30.3 Å². The van der Waals surface area contributed by atoms with E-state index in [0.29, 0.717) is 12.2 Å². The minimum atomic E-state index is -0.151. The van der Waals surface area contributed by atoms with Crippen LogP contribution in [0.5, 0.6) is 5.75 Å². The first-order chi connectivity index (χ1) is 14.3. The van der Waals surface area contributed by atoms with E-state index in [9.17, 15) is 4.79 Å². The first-order valence-electron chi connectivity index (χ1n) is 12.0. The summed E-state index contributed by atoms with van der Waals surface area (Å²) in [6, 6.07) is 9.30. The fourth-order valence-corrected chi connectivity index (χ4v) is 3.61. The van der Waals surface area contributed by atoms with Crippen LogP contribution in [-0.4, -0.2) is 18.2 Å². The van der Waals surface area contributed by atoms with Gasteiger partial charge in [-0.05, 0) is 44.7 Å². The Labute approximate surface area is 179 Å². The van der Waals surface area contributed by atoms with Crippen LogP contribution in [0.2, 0.25) is 0 Å². The zero-order chi connectivity index (χ0) is 21.0. The molecular weight excluding hydrogens is 358 g/mol.